The summed E-state index contributed by atoms with van der Waals surface area (Å²) in [6.07, 6.45) is 0.766. The second-order valence-electron chi connectivity index (χ2n) is 7.56. The van der Waals surface area contributed by atoms with Gasteiger partial charge in [0.2, 0.25) is 0 Å². The van der Waals surface area contributed by atoms with Gasteiger partial charge in [-0.25, -0.2) is 13.2 Å². The number of nitrogens with one attached hydrogen (secondary N) is 2. The first-order valence-electron chi connectivity index (χ1n) is 8.39. The Balaban J connectivity index is 2.57. The second kappa shape index (κ2) is 8.56. The van der Waals surface area contributed by atoms with Crippen LogP contribution in [0.1, 0.15) is 34.6 Å². The van der Waals surface area contributed by atoms with Gasteiger partial charge in [-0.2, -0.15) is 0 Å². The molecule has 1 aromatic rings. The molecule has 1 rings (SSSR count). The van der Waals surface area contributed by atoms with Crippen LogP contribution in [0.2, 0.25) is 0 Å². The van der Waals surface area contributed by atoms with Gasteiger partial charge in [0.25, 0.3) is 0 Å². The van der Waals surface area contributed by atoms with E-state index in [1.54, 1.807) is 24.3 Å². The topological polar surface area (TPSA) is 84.5 Å². The SMILES string of the molecule is CC(C)C(CNC(=O)OC(C)(C)C)CNc1ccc(S(C)(=O)=O)cc1. The van der Waals surface area contributed by atoms with E-state index in [-0.39, 0.29) is 5.92 Å². The molecule has 0 aliphatic carbocycles. The van der Waals surface area contributed by atoms with Gasteiger partial charge in [0, 0.05) is 25.0 Å². The smallest absolute Gasteiger partial charge is 0.407 e. The molecular formula is C18H30N2O4S. The lowest BCUT2D eigenvalue weighted by Gasteiger charge is -2.24. The molecule has 0 fully saturated rings. The minimum absolute atomic E-state index is 0.210. The van der Waals surface area contributed by atoms with Crippen LogP contribution in [0.3, 0.4) is 0 Å². The monoisotopic (exact) mass is 370 g/mol. The standard InChI is InChI=1S/C18H30N2O4S/c1-13(2)14(12-20-17(21)24-18(3,4)5)11-19-15-7-9-16(10-8-15)25(6,22)23/h7-10,13-14,19H,11-12H2,1-6H3,(H,20,21). The predicted octanol–water partition coefficient (Wildman–Crippen LogP) is 3.30. The Bertz CT molecular complexity index is 661. The molecule has 0 aliphatic heterocycles. The molecule has 0 radical (unpaired) electrons. The van der Waals surface area contributed by atoms with Crippen molar-refractivity contribution in [2.75, 3.05) is 24.7 Å². The molecule has 0 aromatic heterocycles. The molecule has 0 heterocycles. The number of sulfone groups is 1. The maximum Gasteiger partial charge on any atom is 0.407 e. The molecule has 0 bridgehead atoms. The van der Waals surface area contributed by atoms with E-state index in [4.69, 9.17) is 4.74 Å². The molecule has 0 spiro atoms. The summed E-state index contributed by atoms with van der Waals surface area (Å²) in [6, 6.07) is 6.66. The summed E-state index contributed by atoms with van der Waals surface area (Å²) in [4.78, 5) is 12.1. The fourth-order valence-electron chi connectivity index (χ4n) is 2.14. The van der Waals surface area contributed by atoms with E-state index in [2.05, 4.69) is 24.5 Å². The Morgan fingerprint density at radius 1 is 1.12 bits per heavy atom. The van der Waals surface area contributed by atoms with Crippen LogP contribution in [0, 0.1) is 11.8 Å². The Morgan fingerprint density at radius 2 is 1.68 bits per heavy atom. The van der Waals surface area contributed by atoms with Gasteiger partial charge in [-0.3, -0.25) is 0 Å². The first-order chi connectivity index (χ1) is 11.4. The number of carbonyl (C=O) groups excluding carboxylic acids is 1. The summed E-state index contributed by atoms with van der Waals surface area (Å²) < 4.78 is 28.2. The third-order valence-electron chi connectivity index (χ3n) is 3.70. The van der Waals surface area contributed by atoms with E-state index < -0.39 is 21.5 Å². The average Bonchev–Trinajstić information content (AvgIpc) is 2.44. The van der Waals surface area contributed by atoms with Crippen LogP contribution >= 0.6 is 0 Å². The first-order valence-corrected chi connectivity index (χ1v) is 10.3. The van der Waals surface area contributed by atoms with Gasteiger partial charge in [-0.05, 0) is 56.9 Å². The van der Waals surface area contributed by atoms with Crippen molar-refractivity contribution in [3.63, 3.8) is 0 Å². The number of amides is 1. The molecule has 1 unspecified atom stereocenters. The number of hydrogen-bond acceptors (Lipinski definition) is 5. The van der Waals surface area contributed by atoms with E-state index in [0.29, 0.717) is 23.9 Å². The summed E-state index contributed by atoms with van der Waals surface area (Å²) in [5, 5.41) is 6.10. The van der Waals surface area contributed by atoms with E-state index in [1.165, 1.54) is 6.26 Å². The summed E-state index contributed by atoms with van der Waals surface area (Å²) in [7, 11) is -3.19. The fourth-order valence-corrected chi connectivity index (χ4v) is 2.77. The van der Waals surface area contributed by atoms with Crippen molar-refractivity contribution in [2.24, 2.45) is 11.8 Å². The summed E-state index contributed by atoms with van der Waals surface area (Å²) >= 11 is 0. The zero-order valence-electron chi connectivity index (χ0n) is 15.9. The van der Waals surface area contributed by atoms with Crippen LogP contribution in [0.4, 0.5) is 10.5 Å². The van der Waals surface area contributed by atoms with Gasteiger partial charge in [0.1, 0.15) is 5.60 Å². The van der Waals surface area contributed by atoms with Gasteiger partial charge in [-0.15, -0.1) is 0 Å². The number of alkyl carbamates (subject to hydrolysis) is 1. The van der Waals surface area contributed by atoms with E-state index in [0.717, 1.165) is 5.69 Å². The maximum atomic E-state index is 11.8. The lowest BCUT2D eigenvalue weighted by molar-refractivity contribution is 0.0516. The number of anilines is 1. The maximum absolute atomic E-state index is 11.8. The Labute approximate surface area is 151 Å². The number of carbonyl (C=O) groups is 1. The molecule has 25 heavy (non-hydrogen) atoms. The average molecular weight is 371 g/mol. The van der Waals surface area contributed by atoms with Crippen molar-refractivity contribution in [3.05, 3.63) is 24.3 Å². The van der Waals surface area contributed by atoms with E-state index in [9.17, 15) is 13.2 Å². The van der Waals surface area contributed by atoms with Gasteiger partial charge < -0.3 is 15.4 Å². The quantitative estimate of drug-likeness (QED) is 0.769. The van der Waals surface area contributed by atoms with Crippen LogP contribution < -0.4 is 10.6 Å². The normalized spacial score (nSPS) is 13.4. The Hall–Kier alpha value is -1.76. The highest BCUT2D eigenvalue weighted by atomic mass is 32.2. The molecule has 0 saturated carbocycles. The highest BCUT2D eigenvalue weighted by Crippen LogP contribution is 2.16. The molecule has 1 amide bonds. The number of ether oxygens (including phenoxy) is 1. The van der Waals surface area contributed by atoms with Gasteiger partial charge in [0.15, 0.2) is 9.84 Å². The molecule has 6 nitrogen and oxygen atoms in total. The second-order valence-corrected chi connectivity index (χ2v) is 9.58. The molecule has 0 saturated heterocycles. The fraction of sp³-hybridized carbons (Fsp3) is 0.611. The molecule has 1 atom stereocenters. The van der Waals surface area contributed by atoms with Crippen LogP contribution in [-0.4, -0.2) is 39.5 Å². The zero-order chi connectivity index (χ0) is 19.3. The van der Waals surface area contributed by atoms with E-state index >= 15 is 0 Å². The highest BCUT2D eigenvalue weighted by molar-refractivity contribution is 7.90. The number of rotatable bonds is 7. The summed E-state index contributed by atoms with van der Waals surface area (Å²) in [6.45, 7) is 10.8. The molecule has 2 N–H and O–H groups in total. The van der Waals surface area contributed by atoms with Crippen molar-refractivity contribution in [3.8, 4) is 0 Å². The zero-order valence-corrected chi connectivity index (χ0v) is 16.7. The van der Waals surface area contributed by atoms with Crippen LogP contribution in [0.5, 0.6) is 0 Å². The lowest BCUT2D eigenvalue weighted by Crippen LogP contribution is -2.38. The van der Waals surface area contributed by atoms with Crippen LogP contribution in [-0.2, 0) is 14.6 Å². The third kappa shape index (κ3) is 8.25. The van der Waals surface area contributed by atoms with Crippen molar-refractivity contribution < 1.29 is 17.9 Å². The molecule has 7 heteroatoms. The largest absolute Gasteiger partial charge is 0.444 e. The van der Waals surface area contributed by atoms with Crippen LogP contribution in [0.25, 0.3) is 0 Å². The van der Waals surface area contributed by atoms with Crippen molar-refractivity contribution in [1.29, 1.82) is 0 Å². The number of hydrogen-bond donors (Lipinski definition) is 2. The van der Waals surface area contributed by atoms with Crippen molar-refractivity contribution in [1.82, 2.24) is 5.32 Å². The van der Waals surface area contributed by atoms with Gasteiger partial charge in [0.05, 0.1) is 4.90 Å². The van der Waals surface area contributed by atoms with Gasteiger partial charge >= 0.3 is 6.09 Å². The Kier molecular flexibility index (Phi) is 7.29. The molecule has 1 aromatic carbocycles. The minimum atomic E-state index is -3.19. The number of benzene rings is 1. The van der Waals surface area contributed by atoms with Crippen LogP contribution in [0.15, 0.2) is 29.2 Å². The third-order valence-corrected chi connectivity index (χ3v) is 4.83. The molecular weight excluding hydrogens is 340 g/mol. The Morgan fingerprint density at radius 3 is 2.12 bits per heavy atom. The van der Waals surface area contributed by atoms with Gasteiger partial charge in [-0.1, -0.05) is 13.8 Å². The highest BCUT2D eigenvalue weighted by Gasteiger charge is 2.19. The first kappa shape index (κ1) is 21.3. The minimum Gasteiger partial charge on any atom is -0.444 e. The lowest BCUT2D eigenvalue weighted by atomic mass is 9.95. The summed E-state index contributed by atoms with van der Waals surface area (Å²) in [5.74, 6) is 0.569. The molecule has 0 aliphatic rings. The van der Waals surface area contributed by atoms with E-state index in [1.807, 2.05) is 20.8 Å². The van der Waals surface area contributed by atoms with Crippen molar-refractivity contribution in [2.45, 2.75) is 45.1 Å². The molecule has 142 valence electrons. The summed E-state index contributed by atoms with van der Waals surface area (Å²) in [5.41, 5.74) is 0.326. The van der Waals surface area contributed by atoms with Crippen molar-refractivity contribution >= 4 is 21.6 Å². The predicted molar refractivity (Wildman–Crippen MR) is 101 cm³/mol.